The van der Waals surface area contributed by atoms with Crippen LogP contribution in [0.5, 0.6) is 0 Å². The molecule has 0 bridgehead atoms. The molecule has 1 heterocycles. The van der Waals surface area contributed by atoms with Crippen LogP contribution in [-0.2, 0) is 38.6 Å². The maximum atomic E-state index is 11.1. The van der Waals surface area contributed by atoms with Gasteiger partial charge in [0.25, 0.3) is 0 Å². The minimum absolute atomic E-state index is 0. The van der Waals surface area contributed by atoms with Crippen LogP contribution in [0.15, 0.2) is 18.7 Å². The molecule has 0 spiro atoms. The third kappa shape index (κ3) is 6.57. The molecule has 0 N–H and O–H groups in total. The summed E-state index contributed by atoms with van der Waals surface area (Å²) >= 11 is 0. The van der Waals surface area contributed by atoms with E-state index >= 15 is 0 Å². The van der Waals surface area contributed by atoms with E-state index < -0.39 is 17.9 Å². The van der Waals surface area contributed by atoms with E-state index in [0.29, 0.717) is 0 Å². The number of aromatic nitrogens is 2. The average molecular weight is 329 g/mol. The van der Waals surface area contributed by atoms with Crippen LogP contribution in [0.4, 0.5) is 0 Å². The fraction of sp³-hybridized carbons (Fsp3) is 0.333. The van der Waals surface area contributed by atoms with Crippen LogP contribution >= 0.6 is 0 Å². The summed E-state index contributed by atoms with van der Waals surface area (Å²) in [6.07, 6.45) is 3.81. The minimum Gasteiger partial charge on any atom is -0.393 e. The molecule has 7 nitrogen and oxygen atoms in total. The van der Waals surface area contributed by atoms with Gasteiger partial charge in [0, 0.05) is 32.6 Å². The molecule has 0 saturated carbocycles. The fourth-order valence-corrected chi connectivity index (χ4v) is 0.880. The van der Waals surface area contributed by atoms with Gasteiger partial charge in [0.05, 0.1) is 19.0 Å². The van der Waals surface area contributed by atoms with Crippen molar-refractivity contribution in [1.82, 2.24) is 9.71 Å². The van der Waals surface area contributed by atoms with Crippen molar-refractivity contribution in [1.29, 1.82) is 0 Å². The summed E-state index contributed by atoms with van der Waals surface area (Å²) in [5, 5.41) is 0. The molecule has 1 aromatic rings. The molecule has 0 aliphatic rings. The third-order valence-electron chi connectivity index (χ3n) is 1.48. The first kappa shape index (κ1) is 15.4. The fourth-order valence-electron chi connectivity index (χ4n) is 0.880. The molecule has 17 heavy (non-hydrogen) atoms. The summed E-state index contributed by atoms with van der Waals surface area (Å²) in [7, 11) is 0. The zero-order chi connectivity index (χ0) is 12.0. The van der Waals surface area contributed by atoms with Crippen LogP contribution in [-0.4, -0.2) is 27.6 Å². The number of carbonyl (C=O) groups excluding carboxylic acids is 3. The van der Waals surface area contributed by atoms with Crippen LogP contribution < -0.4 is 4.84 Å². The van der Waals surface area contributed by atoms with Gasteiger partial charge in [-0.25, -0.2) is 9.78 Å². The Morgan fingerprint density at radius 1 is 1.24 bits per heavy atom. The topological polar surface area (TPSA) is 87.5 Å². The van der Waals surface area contributed by atoms with Gasteiger partial charge in [0.2, 0.25) is 0 Å². The van der Waals surface area contributed by atoms with Gasteiger partial charge in [0.1, 0.15) is 6.33 Å². The van der Waals surface area contributed by atoms with Gasteiger partial charge in [0.15, 0.2) is 0 Å². The summed E-state index contributed by atoms with van der Waals surface area (Å²) in [5.74, 6) is -2.07. The Hall–Kier alpha value is -1.56. The van der Waals surface area contributed by atoms with Crippen LogP contribution in [0.25, 0.3) is 0 Å². The van der Waals surface area contributed by atoms with Crippen molar-refractivity contribution >= 4 is 17.9 Å². The molecule has 0 saturated heterocycles. The van der Waals surface area contributed by atoms with E-state index in [1.54, 1.807) is 0 Å². The standard InChI is InChI=1S/C9H10N2O5.Rh/c1-7(12)15-8(13)2-3-9(14)16-11-5-4-10-6-11;/h4-6H,2-3H2,1H3;. The Morgan fingerprint density at radius 2 is 1.88 bits per heavy atom. The third-order valence-corrected chi connectivity index (χ3v) is 1.48. The van der Waals surface area contributed by atoms with Crippen molar-refractivity contribution in [2.24, 2.45) is 0 Å². The minimum atomic E-state index is -0.755. The summed E-state index contributed by atoms with van der Waals surface area (Å²) in [6, 6.07) is 0. The molecule has 0 atom stereocenters. The van der Waals surface area contributed by atoms with Gasteiger partial charge in [-0.15, -0.1) is 0 Å². The Bertz CT molecular complexity index is 390. The molecule has 0 aromatic carbocycles. The number of carbonyl (C=O) groups is 3. The van der Waals surface area contributed by atoms with Gasteiger partial charge in [-0.2, -0.15) is 4.73 Å². The first-order chi connectivity index (χ1) is 7.58. The Morgan fingerprint density at radius 3 is 2.41 bits per heavy atom. The normalized spacial score (nSPS) is 9.00. The molecule has 8 heteroatoms. The number of ether oxygens (including phenoxy) is 1. The number of imidazole rings is 1. The number of hydrogen-bond acceptors (Lipinski definition) is 6. The molecule has 0 fully saturated rings. The second kappa shape index (κ2) is 7.67. The smallest absolute Gasteiger partial charge is 0.333 e. The molecular formula is C9H10N2O5Rh. The number of nitrogens with zero attached hydrogens (tertiary/aromatic N) is 2. The zero-order valence-corrected chi connectivity index (χ0v) is 10.6. The summed E-state index contributed by atoms with van der Waals surface area (Å²) in [5.41, 5.74) is 0. The number of esters is 2. The Labute approximate surface area is 110 Å². The monoisotopic (exact) mass is 329 g/mol. The van der Waals surface area contributed by atoms with Crippen LogP contribution in [0.1, 0.15) is 19.8 Å². The van der Waals surface area contributed by atoms with Crippen LogP contribution in [0, 0.1) is 0 Å². The summed E-state index contributed by atoms with van der Waals surface area (Å²) < 4.78 is 5.34. The van der Waals surface area contributed by atoms with E-state index in [9.17, 15) is 14.4 Å². The van der Waals surface area contributed by atoms with Gasteiger partial charge in [-0.05, 0) is 0 Å². The van der Waals surface area contributed by atoms with Crippen molar-refractivity contribution in [3.8, 4) is 0 Å². The second-order valence-electron chi connectivity index (χ2n) is 2.85. The average Bonchev–Trinajstić information content (AvgIpc) is 2.66. The first-order valence-corrected chi connectivity index (χ1v) is 4.48. The Balaban J connectivity index is 0.00000256. The molecular weight excluding hydrogens is 319 g/mol. The molecule has 1 rings (SSSR count). The molecule has 1 radical (unpaired) electrons. The first-order valence-electron chi connectivity index (χ1n) is 4.48. The molecule has 95 valence electrons. The van der Waals surface area contributed by atoms with E-state index in [-0.39, 0.29) is 32.3 Å². The van der Waals surface area contributed by atoms with Crippen LogP contribution in [0.3, 0.4) is 0 Å². The molecule has 0 aliphatic heterocycles. The predicted octanol–water partition coefficient (Wildman–Crippen LogP) is -0.294. The quantitative estimate of drug-likeness (QED) is 0.428. The van der Waals surface area contributed by atoms with Crippen molar-refractivity contribution < 1.29 is 43.4 Å². The maximum Gasteiger partial charge on any atom is 0.333 e. The van der Waals surface area contributed by atoms with E-state index in [4.69, 9.17) is 4.84 Å². The second-order valence-corrected chi connectivity index (χ2v) is 2.85. The maximum absolute atomic E-state index is 11.1. The van der Waals surface area contributed by atoms with Crippen LogP contribution in [0.2, 0.25) is 0 Å². The van der Waals surface area contributed by atoms with E-state index in [1.165, 1.54) is 18.7 Å². The van der Waals surface area contributed by atoms with Gasteiger partial charge >= 0.3 is 17.9 Å². The van der Waals surface area contributed by atoms with E-state index in [1.807, 2.05) is 0 Å². The van der Waals surface area contributed by atoms with Crippen molar-refractivity contribution in [2.75, 3.05) is 0 Å². The van der Waals surface area contributed by atoms with Gasteiger partial charge in [-0.3, -0.25) is 9.59 Å². The summed E-state index contributed by atoms with van der Waals surface area (Å²) in [4.78, 5) is 40.8. The largest absolute Gasteiger partial charge is 0.393 e. The number of hydrogen-bond donors (Lipinski definition) is 0. The van der Waals surface area contributed by atoms with Crippen molar-refractivity contribution in [2.45, 2.75) is 19.8 Å². The van der Waals surface area contributed by atoms with Gasteiger partial charge in [-0.1, -0.05) is 0 Å². The molecule has 0 amide bonds. The number of rotatable bonds is 4. The molecule has 0 unspecified atom stereocenters. The molecule has 1 aromatic heterocycles. The van der Waals surface area contributed by atoms with Crippen molar-refractivity contribution in [3.63, 3.8) is 0 Å². The van der Waals surface area contributed by atoms with Gasteiger partial charge < -0.3 is 9.57 Å². The Kier molecular flexibility index (Phi) is 6.97. The van der Waals surface area contributed by atoms with E-state index in [0.717, 1.165) is 11.7 Å². The predicted molar refractivity (Wildman–Crippen MR) is 49.8 cm³/mol. The summed E-state index contributed by atoms with van der Waals surface area (Å²) in [6.45, 7) is 1.11. The molecule has 0 aliphatic carbocycles. The zero-order valence-electron chi connectivity index (χ0n) is 8.92. The SMILES string of the molecule is CC(=O)OC(=O)CCC(=O)On1ccnc1.[Rh]. The van der Waals surface area contributed by atoms with Crippen molar-refractivity contribution in [3.05, 3.63) is 18.7 Å². The van der Waals surface area contributed by atoms with E-state index in [2.05, 4.69) is 9.72 Å².